The average molecular weight is 198 g/mol. The molecule has 1 heterocycles. The molecule has 1 unspecified atom stereocenters. The highest BCUT2D eigenvalue weighted by atomic mass is 16.2. The van der Waals surface area contributed by atoms with E-state index >= 15 is 0 Å². The van der Waals surface area contributed by atoms with E-state index in [1.807, 2.05) is 0 Å². The van der Waals surface area contributed by atoms with Gasteiger partial charge in [-0.3, -0.25) is 19.8 Å². The number of imide groups is 1. The number of hydrogen-bond acceptors (Lipinski definition) is 3. The van der Waals surface area contributed by atoms with E-state index in [9.17, 15) is 14.4 Å². The van der Waals surface area contributed by atoms with Crippen molar-refractivity contribution >= 4 is 17.7 Å². The van der Waals surface area contributed by atoms with Crippen molar-refractivity contribution < 1.29 is 14.4 Å². The van der Waals surface area contributed by atoms with Crippen LogP contribution in [0.5, 0.6) is 0 Å². The van der Waals surface area contributed by atoms with Crippen molar-refractivity contribution in [2.45, 2.75) is 27.2 Å². The van der Waals surface area contributed by atoms with Crippen LogP contribution in [0.15, 0.2) is 0 Å². The Labute approximate surface area is 82.4 Å². The summed E-state index contributed by atoms with van der Waals surface area (Å²) in [5, 5.41) is 0.826. The Morgan fingerprint density at radius 1 is 1.50 bits per heavy atom. The lowest BCUT2D eigenvalue weighted by Crippen LogP contribution is -2.47. The van der Waals surface area contributed by atoms with Crippen LogP contribution in [0.4, 0.5) is 0 Å². The zero-order valence-corrected chi connectivity index (χ0v) is 8.53. The van der Waals surface area contributed by atoms with Gasteiger partial charge in [-0.05, 0) is 0 Å². The highest BCUT2D eigenvalue weighted by molar-refractivity contribution is 6.04. The first-order chi connectivity index (χ1) is 6.43. The fraction of sp³-hybridized carbons (Fsp3) is 0.667. The molecule has 0 aromatic carbocycles. The second-order valence-corrected chi connectivity index (χ2v) is 3.80. The van der Waals surface area contributed by atoms with Crippen LogP contribution < -0.4 is 5.43 Å². The monoisotopic (exact) mass is 198 g/mol. The van der Waals surface area contributed by atoms with Crippen molar-refractivity contribution in [2.75, 3.05) is 0 Å². The summed E-state index contributed by atoms with van der Waals surface area (Å²) in [4.78, 5) is 33.8. The fourth-order valence-electron chi connectivity index (χ4n) is 1.14. The lowest BCUT2D eigenvalue weighted by Gasteiger charge is -2.16. The van der Waals surface area contributed by atoms with Gasteiger partial charge in [0.1, 0.15) is 0 Å². The van der Waals surface area contributed by atoms with Crippen LogP contribution in [0.2, 0.25) is 0 Å². The summed E-state index contributed by atoms with van der Waals surface area (Å²) in [7, 11) is 0. The minimum Gasteiger partial charge on any atom is -0.273 e. The molecular weight excluding hydrogens is 184 g/mol. The largest absolute Gasteiger partial charge is 0.273 e. The van der Waals surface area contributed by atoms with Gasteiger partial charge in [-0.15, -0.1) is 0 Å². The van der Waals surface area contributed by atoms with Gasteiger partial charge in [0, 0.05) is 18.3 Å². The zero-order valence-electron chi connectivity index (χ0n) is 8.53. The molecule has 0 radical (unpaired) electrons. The van der Waals surface area contributed by atoms with E-state index in [4.69, 9.17) is 0 Å². The van der Waals surface area contributed by atoms with E-state index in [0.29, 0.717) is 0 Å². The molecule has 5 heteroatoms. The van der Waals surface area contributed by atoms with Crippen molar-refractivity contribution in [1.82, 2.24) is 10.4 Å². The number of hydrogen-bond donors (Lipinski definition) is 1. The molecular formula is C9H14N2O3. The second kappa shape index (κ2) is 3.77. The van der Waals surface area contributed by atoms with E-state index in [1.54, 1.807) is 20.8 Å². The lowest BCUT2D eigenvalue weighted by molar-refractivity contribution is -0.149. The van der Waals surface area contributed by atoms with E-state index in [-0.39, 0.29) is 36.0 Å². The molecule has 5 nitrogen and oxygen atoms in total. The van der Waals surface area contributed by atoms with Crippen LogP contribution >= 0.6 is 0 Å². The third kappa shape index (κ3) is 1.92. The molecule has 0 aliphatic carbocycles. The van der Waals surface area contributed by atoms with E-state index in [2.05, 4.69) is 5.43 Å². The first-order valence-corrected chi connectivity index (χ1v) is 4.60. The highest BCUT2D eigenvalue weighted by Crippen LogP contribution is 2.16. The van der Waals surface area contributed by atoms with Gasteiger partial charge in [0.25, 0.3) is 5.91 Å². The predicted octanol–water partition coefficient (Wildman–Crippen LogP) is 0.0686. The molecule has 0 saturated carbocycles. The van der Waals surface area contributed by atoms with Crippen LogP contribution in [0.1, 0.15) is 27.2 Å². The molecule has 1 aliphatic heterocycles. The topological polar surface area (TPSA) is 66.5 Å². The van der Waals surface area contributed by atoms with Gasteiger partial charge in [-0.1, -0.05) is 20.8 Å². The van der Waals surface area contributed by atoms with Gasteiger partial charge in [-0.2, -0.15) is 5.01 Å². The second-order valence-electron chi connectivity index (χ2n) is 3.80. The average Bonchev–Trinajstić information content (AvgIpc) is 2.32. The van der Waals surface area contributed by atoms with Crippen molar-refractivity contribution in [3.8, 4) is 0 Å². The summed E-state index contributed by atoms with van der Waals surface area (Å²) in [6.07, 6.45) is 0.178. The summed E-state index contributed by atoms with van der Waals surface area (Å²) in [6.45, 7) is 5.06. The number of rotatable bonds is 2. The molecule has 0 aromatic rings. The molecule has 3 amide bonds. The molecule has 1 N–H and O–H groups in total. The van der Waals surface area contributed by atoms with Crippen molar-refractivity contribution in [3.63, 3.8) is 0 Å². The number of carbonyl (C=O) groups is 3. The standard InChI is InChI=1S/C9H14N2O3/c1-5(2)8(13)10-11-7(12)4-6(3)9(11)14/h5-6H,4H2,1-3H3,(H,10,13). The summed E-state index contributed by atoms with van der Waals surface area (Å²) >= 11 is 0. The molecule has 0 bridgehead atoms. The molecule has 0 aromatic heterocycles. The smallest absolute Gasteiger partial charge is 0.251 e. The maximum Gasteiger partial charge on any atom is 0.251 e. The Bertz CT molecular complexity index is 286. The van der Waals surface area contributed by atoms with E-state index < -0.39 is 0 Å². The van der Waals surface area contributed by atoms with Crippen molar-refractivity contribution in [2.24, 2.45) is 11.8 Å². The predicted molar refractivity (Wildman–Crippen MR) is 48.6 cm³/mol. The van der Waals surface area contributed by atoms with Crippen LogP contribution in [-0.2, 0) is 14.4 Å². The van der Waals surface area contributed by atoms with Crippen LogP contribution in [0, 0.1) is 11.8 Å². The molecule has 1 fully saturated rings. The number of nitrogens with zero attached hydrogens (tertiary/aromatic N) is 1. The summed E-state index contributed by atoms with van der Waals surface area (Å²) in [5.41, 5.74) is 2.30. The molecule has 1 atom stereocenters. The van der Waals surface area contributed by atoms with Gasteiger partial charge >= 0.3 is 0 Å². The third-order valence-corrected chi connectivity index (χ3v) is 2.12. The molecule has 1 saturated heterocycles. The summed E-state index contributed by atoms with van der Waals surface area (Å²) in [5.74, 6) is -1.55. The first kappa shape index (κ1) is 10.7. The molecule has 0 spiro atoms. The van der Waals surface area contributed by atoms with Crippen molar-refractivity contribution in [3.05, 3.63) is 0 Å². The number of carbonyl (C=O) groups excluding carboxylic acids is 3. The molecule has 1 aliphatic rings. The molecule has 14 heavy (non-hydrogen) atoms. The Kier molecular flexibility index (Phi) is 2.88. The van der Waals surface area contributed by atoms with E-state index in [0.717, 1.165) is 5.01 Å². The molecule has 78 valence electrons. The van der Waals surface area contributed by atoms with Gasteiger partial charge < -0.3 is 0 Å². The maximum absolute atomic E-state index is 11.4. The van der Waals surface area contributed by atoms with Crippen LogP contribution in [0.25, 0.3) is 0 Å². The Balaban J connectivity index is 2.65. The highest BCUT2D eigenvalue weighted by Gasteiger charge is 2.36. The minimum atomic E-state index is -0.337. The maximum atomic E-state index is 11.4. The number of hydrazine groups is 1. The number of nitrogens with one attached hydrogen (secondary N) is 1. The van der Waals surface area contributed by atoms with Crippen LogP contribution in [-0.4, -0.2) is 22.7 Å². The van der Waals surface area contributed by atoms with Gasteiger partial charge in [0.15, 0.2) is 0 Å². The zero-order chi connectivity index (χ0) is 10.9. The van der Waals surface area contributed by atoms with E-state index in [1.165, 1.54) is 0 Å². The third-order valence-electron chi connectivity index (χ3n) is 2.12. The molecule has 1 rings (SSSR count). The van der Waals surface area contributed by atoms with Gasteiger partial charge in [0.05, 0.1) is 0 Å². The Morgan fingerprint density at radius 2 is 2.07 bits per heavy atom. The Morgan fingerprint density at radius 3 is 2.43 bits per heavy atom. The quantitative estimate of drug-likeness (QED) is 0.638. The SMILES string of the molecule is CC(C)C(=O)NN1C(=O)CC(C)C1=O. The lowest BCUT2D eigenvalue weighted by atomic mass is 10.1. The normalized spacial score (nSPS) is 22.0. The van der Waals surface area contributed by atoms with Crippen molar-refractivity contribution in [1.29, 1.82) is 0 Å². The summed E-state index contributed by atoms with van der Waals surface area (Å²) in [6, 6.07) is 0. The summed E-state index contributed by atoms with van der Waals surface area (Å²) < 4.78 is 0. The minimum absolute atomic E-state index is 0.178. The fourth-order valence-corrected chi connectivity index (χ4v) is 1.14. The van der Waals surface area contributed by atoms with Crippen LogP contribution in [0.3, 0.4) is 0 Å². The Hall–Kier alpha value is -1.39. The van der Waals surface area contributed by atoms with Gasteiger partial charge in [0.2, 0.25) is 11.8 Å². The first-order valence-electron chi connectivity index (χ1n) is 4.60. The number of amides is 3. The van der Waals surface area contributed by atoms with Gasteiger partial charge in [-0.25, -0.2) is 0 Å².